The van der Waals surface area contributed by atoms with Crippen LogP contribution in [-0.2, 0) is 9.47 Å². The van der Waals surface area contributed by atoms with Crippen LogP contribution in [0, 0.1) is 5.92 Å². The van der Waals surface area contributed by atoms with Crippen molar-refractivity contribution in [1.29, 1.82) is 0 Å². The molecule has 18 heavy (non-hydrogen) atoms. The summed E-state index contributed by atoms with van der Waals surface area (Å²) in [5.41, 5.74) is 0. The summed E-state index contributed by atoms with van der Waals surface area (Å²) in [6.07, 6.45) is 4.61. The van der Waals surface area contributed by atoms with Crippen LogP contribution in [0.25, 0.3) is 0 Å². The largest absolute Gasteiger partial charge is 0.359 e. The van der Waals surface area contributed by atoms with E-state index in [0.717, 1.165) is 31.3 Å². The third-order valence-corrected chi connectivity index (χ3v) is 3.91. The summed E-state index contributed by atoms with van der Waals surface area (Å²) < 4.78 is 12.0. The minimum Gasteiger partial charge on any atom is -0.359 e. The lowest BCUT2D eigenvalue weighted by Crippen LogP contribution is -2.41. The summed E-state index contributed by atoms with van der Waals surface area (Å²) in [4.78, 5) is 4.08. The first-order valence-corrected chi connectivity index (χ1v) is 6.87. The minimum absolute atomic E-state index is 0.128. The molecule has 0 aromatic carbocycles. The maximum absolute atomic E-state index is 6.11. The molecule has 0 bridgehead atoms. The molecule has 0 aromatic heterocycles. The van der Waals surface area contributed by atoms with Crippen LogP contribution in [0.3, 0.4) is 0 Å². The third kappa shape index (κ3) is 3.14. The van der Waals surface area contributed by atoms with Crippen molar-refractivity contribution in [2.45, 2.75) is 44.5 Å². The zero-order valence-electron chi connectivity index (χ0n) is 11.7. The molecule has 1 saturated heterocycles. The van der Waals surface area contributed by atoms with Crippen molar-refractivity contribution >= 4 is 5.96 Å². The van der Waals surface area contributed by atoms with E-state index in [4.69, 9.17) is 9.47 Å². The van der Waals surface area contributed by atoms with Gasteiger partial charge in [0.25, 0.3) is 0 Å². The Morgan fingerprint density at radius 2 is 2.11 bits per heavy atom. The number of guanidine groups is 1. The Morgan fingerprint density at radius 3 is 2.72 bits per heavy atom. The predicted octanol–water partition coefficient (Wildman–Crippen LogP) is 1.10. The number of nitrogens with one attached hydrogen (secondary N) is 2. The Hall–Kier alpha value is -0.810. The summed E-state index contributed by atoms with van der Waals surface area (Å²) in [5.74, 6) is 1.31. The number of rotatable bonds is 2. The molecule has 5 heteroatoms. The molecule has 2 N–H and O–H groups in total. The Labute approximate surface area is 109 Å². The zero-order valence-corrected chi connectivity index (χ0v) is 11.7. The molecule has 0 radical (unpaired) electrons. The van der Waals surface area contributed by atoms with Crippen molar-refractivity contribution in [3.05, 3.63) is 0 Å². The van der Waals surface area contributed by atoms with Crippen LogP contribution in [0.5, 0.6) is 0 Å². The number of hydrogen-bond donors (Lipinski definition) is 2. The van der Waals surface area contributed by atoms with Gasteiger partial charge in [0, 0.05) is 33.5 Å². The van der Waals surface area contributed by atoms with E-state index in [9.17, 15) is 0 Å². The molecule has 1 heterocycles. The van der Waals surface area contributed by atoms with Gasteiger partial charge in [-0.1, -0.05) is 6.92 Å². The van der Waals surface area contributed by atoms with E-state index in [1.54, 1.807) is 7.05 Å². The van der Waals surface area contributed by atoms with E-state index in [1.807, 2.05) is 7.05 Å². The second-order valence-electron chi connectivity index (χ2n) is 5.35. The number of aliphatic imine (C=N–C) groups is 1. The van der Waals surface area contributed by atoms with Crippen molar-refractivity contribution in [3.63, 3.8) is 0 Å². The minimum atomic E-state index is -0.290. The van der Waals surface area contributed by atoms with Gasteiger partial charge in [0.2, 0.25) is 0 Å². The molecule has 1 saturated carbocycles. The van der Waals surface area contributed by atoms with Gasteiger partial charge >= 0.3 is 0 Å². The van der Waals surface area contributed by atoms with Gasteiger partial charge in [-0.2, -0.15) is 0 Å². The van der Waals surface area contributed by atoms with Crippen molar-refractivity contribution < 1.29 is 9.47 Å². The maximum atomic E-state index is 6.11. The van der Waals surface area contributed by atoms with Crippen molar-refractivity contribution in [3.8, 4) is 0 Å². The van der Waals surface area contributed by atoms with Crippen LogP contribution < -0.4 is 10.6 Å². The fourth-order valence-electron chi connectivity index (χ4n) is 2.67. The van der Waals surface area contributed by atoms with Gasteiger partial charge in [-0.05, 0) is 18.8 Å². The van der Waals surface area contributed by atoms with E-state index in [0.29, 0.717) is 6.61 Å². The first-order valence-electron chi connectivity index (χ1n) is 6.87. The molecule has 0 unspecified atom stereocenters. The Balaban J connectivity index is 1.78. The van der Waals surface area contributed by atoms with E-state index in [-0.39, 0.29) is 11.9 Å². The van der Waals surface area contributed by atoms with Crippen LogP contribution in [0.4, 0.5) is 0 Å². The molecule has 1 atom stereocenters. The second kappa shape index (κ2) is 5.89. The van der Waals surface area contributed by atoms with E-state index < -0.39 is 0 Å². The van der Waals surface area contributed by atoms with Crippen LogP contribution in [0.1, 0.15) is 32.6 Å². The Kier molecular flexibility index (Phi) is 4.45. The number of nitrogens with zero attached hydrogens (tertiary/aromatic N) is 1. The summed E-state index contributed by atoms with van der Waals surface area (Å²) >= 11 is 0. The van der Waals surface area contributed by atoms with Gasteiger partial charge < -0.3 is 20.1 Å². The SMILES string of the molecule is CN=C(NC)NC[C@@H]1COC2(CCC(C)CC2)O1. The maximum Gasteiger partial charge on any atom is 0.190 e. The highest BCUT2D eigenvalue weighted by atomic mass is 16.7. The quantitative estimate of drug-likeness (QED) is 0.573. The summed E-state index contributed by atoms with van der Waals surface area (Å²) in [6, 6.07) is 0. The van der Waals surface area contributed by atoms with Gasteiger partial charge in [-0.3, -0.25) is 4.99 Å². The van der Waals surface area contributed by atoms with E-state index >= 15 is 0 Å². The van der Waals surface area contributed by atoms with Gasteiger partial charge in [0.1, 0.15) is 6.10 Å². The predicted molar refractivity (Wildman–Crippen MR) is 71.6 cm³/mol. The molecule has 2 aliphatic rings. The van der Waals surface area contributed by atoms with Gasteiger partial charge in [-0.25, -0.2) is 0 Å². The molecule has 1 spiro atoms. The monoisotopic (exact) mass is 255 g/mol. The summed E-state index contributed by atoms with van der Waals surface area (Å²) in [7, 11) is 3.61. The van der Waals surface area contributed by atoms with Crippen LogP contribution >= 0.6 is 0 Å². The van der Waals surface area contributed by atoms with Crippen molar-refractivity contribution in [1.82, 2.24) is 10.6 Å². The van der Waals surface area contributed by atoms with E-state index in [1.165, 1.54) is 12.8 Å². The first-order chi connectivity index (χ1) is 8.67. The van der Waals surface area contributed by atoms with Crippen LogP contribution in [0.15, 0.2) is 4.99 Å². The number of hydrogen-bond acceptors (Lipinski definition) is 3. The van der Waals surface area contributed by atoms with Crippen LogP contribution in [-0.4, -0.2) is 45.1 Å². The normalized spacial score (nSPS) is 36.9. The lowest BCUT2D eigenvalue weighted by atomic mass is 9.86. The molecule has 1 aliphatic carbocycles. The highest BCUT2D eigenvalue weighted by molar-refractivity contribution is 5.79. The number of ether oxygens (including phenoxy) is 2. The molecule has 5 nitrogen and oxygen atoms in total. The fraction of sp³-hybridized carbons (Fsp3) is 0.923. The molecule has 1 aliphatic heterocycles. The molecule has 0 aromatic rings. The smallest absolute Gasteiger partial charge is 0.190 e. The fourth-order valence-corrected chi connectivity index (χ4v) is 2.67. The van der Waals surface area contributed by atoms with E-state index in [2.05, 4.69) is 22.5 Å². The zero-order chi connectivity index (χ0) is 13.0. The van der Waals surface area contributed by atoms with Crippen molar-refractivity contribution in [2.75, 3.05) is 27.2 Å². The third-order valence-electron chi connectivity index (χ3n) is 3.91. The molecule has 2 fully saturated rings. The average Bonchev–Trinajstić information content (AvgIpc) is 2.78. The van der Waals surface area contributed by atoms with Gasteiger partial charge in [0.05, 0.1) is 6.61 Å². The second-order valence-corrected chi connectivity index (χ2v) is 5.35. The van der Waals surface area contributed by atoms with Crippen molar-refractivity contribution in [2.24, 2.45) is 10.9 Å². The molecule has 0 amide bonds. The average molecular weight is 255 g/mol. The lowest BCUT2D eigenvalue weighted by Gasteiger charge is -2.34. The van der Waals surface area contributed by atoms with Gasteiger partial charge in [0.15, 0.2) is 11.7 Å². The Bertz CT molecular complexity index is 299. The molecule has 2 rings (SSSR count). The Morgan fingerprint density at radius 1 is 1.39 bits per heavy atom. The highest BCUT2D eigenvalue weighted by Gasteiger charge is 2.43. The van der Waals surface area contributed by atoms with Crippen LogP contribution in [0.2, 0.25) is 0 Å². The summed E-state index contributed by atoms with van der Waals surface area (Å²) in [6.45, 7) is 3.73. The topological polar surface area (TPSA) is 54.9 Å². The molecular weight excluding hydrogens is 230 g/mol. The van der Waals surface area contributed by atoms with Gasteiger partial charge in [-0.15, -0.1) is 0 Å². The lowest BCUT2D eigenvalue weighted by molar-refractivity contribution is -0.191. The highest BCUT2D eigenvalue weighted by Crippen LogP contribution is 2.39. The molecule has 104 valence electrons. The standard InChI is InChI=1S/C13H25N3O2/c1-10-4-6-13(7-5-10)17-9-11(18-13)8-16-12(14-2)15-3/h10-11H,4-9H2,1-3H3,(H2,14,15,16)/t10?,11-,13?/m1/s1. The first kappa shape index (κ1) is 13.6. The molecular formula is C13H25N3O2. The summed E-state index contributed by atoms with van der Waals surface area (Å²) in [5, 5.41) is 6.22.